The van der Waals surface area contributed by atoms with Crippen molar-refractivity contribution >= 4 is 38.4 Å². The monoisotopic (exact) mass is 370 g/mol. The molecule has 4 aromatic rings. The number of aryl methyl sites for hydroxylation is 2. The first-order chi connectivity index (χ1) is 12.6. The van der Waals surface area contributed by atoms with Crippen molar-refractivity contribution in [3.63, 3.8) is 0 Å². The minimum Gasteiger partial charge on any atom is -0.467 e. The number of furan rings is 1. The maximum Gasteiger partial charge on any atom is 0.291 e. The molecule has 0 saturated carbocycles. The Morgan fingerprint density at radius 3 is 3.00 bits per heavy atom. The lowest BCUT2D eigenvalue weighted by molar-refractivity contribution is -0.122. The van der Waals surface area contributed by atoms with E-state index in [2.05, 4.69) is 23.4 Å². The summed E-state index contributed by atoms with van der Waals surface area (Å²) in [6, 6.07) is 5.62. The summed E-state index contributed by atoms with van der Waals surface area (Å²) in [5, 5.41) is 7.79. The second-order valence-corrected chi connectivity index (χ2v) is 7.30. The number of nitrogens with one attached hydrogen (secondary N) is 1. The second kappa shape index (κ2) is 6.45. The predicted octanol–water partition coefficient (Wildman–Crippen LogP) is 2.65. The Bertz CT molecular complexity index is 1150. The molecule has 0 aliphatic rings. The molecule has 7 nitrogen and oxygen atoms in total. The Kier molecular flexibility index (Phi) is 4.12. The van der Waals surface area contributed by atoms with Crippen LogP contribution in [0.4, 0.5) is 0 Å². The van der Waals surface area contributed by atoms with Crippen LogP contribution in [0.15, 0.2) is 39.9 Å². The van der Waals surface area contributed by atoms with Crippen LogP contribution in [0.1, 0.15) is 17.6 Å². The molecule has 0 aromatic carbocycles. The van der Waals surface area contributed by atoms with Gasteiger partial charge in [-0.1, -0.05) is 0 Å². The zero-order valence-corrected chi connectivity index (χ0v) is 15.3. The fourth-order valence-electron chi connectivity index (χ4n) is 3.15. The molecular formula is C18H18N4O3S. The Hall–Kier alpha value is -2.87. The average Bonchev–Trinajstić information content (AvgIpc) is 3.31. The van der Waals surface area contributed by atoms with Gasteiger partial charge in [-0.05, 0) is 32.0 Å². The average molecular weight is 370 g/mol. The first kappa shape index (κ1) is 16.6. The molecule has 0 fully saturated rings. The Morgan fingerprint density at radius 1 is 1.42 bits per heavy atom. The fourth-order valence-corrected chi connectivity index (χ4v) is 4.18. The predicted molar refractivity (Wildman–Crippen MR) is 100 cm³/mol. The van der Waals surface area contributed by atoms with Crippen molar-refractivity contribution in [1.29, 1.82) is 0 Å². The van der Waals surface area contributed by atoms with Crippen molar-refractivity contribution < 1.29 is 9.21 Å². The van der Waals surface area contributed by atoms with E-state index in [4.69, 9.17) is 4.42 Å². The van der Waals surface area contributed by atoms with Crippen molar-refractivity contribution in [3.05, 3.63) is 51.7 Å². The number of carbonyl (C=O) groups is 1. The van der Waals surface area contributed by atoms with Crippen molar-refractivity contribution in [3.8, 4) is 0 Å². The number of hydrogen-bond acceptors (Lipinski definition) is 5. The van der Waals surface area contributed by atoms with E-state index >= 15 is 0 Å². The number of nitrogens with zero attached hydrogens (tertiary/aromatic N) is 3. The van der Waals surface area contributed by atoms with Crippen LogP contribution in [-0.2, 0) is 24.4 Å². The third-order valence-electron chi connectivity index (χ3n) is 4.31. The fraction of sp³-hybridized carbons (Fsp3) is 0.278. The number of fused-ring (bicyclic) bond motifs is 3. The Morgan fingerprint density at radius 2 is 2.27 bits per heavy atom. The van der Waals surface area contributed by atoms with Crippen molar-refractivity contribution in [1.82, 2.24) is 19.7 Å². The van der Waals surface area contributed by atoms with Gasteiger partial charge in [-0.25, -0.2) is 4.68 Å². The van der Waals surface area contributed by atoms with E-state index in [1.54, 1.807) is 35.9 Å². The Labute approximate surface area is 152 Å². The van der Waals surface area contributed by atoms with Crippen LogP contribution in [0.3, 0.4) is 0 Å². The number of thiophene rings is 1. The molecule has 26 heavy (non-hydrogen) atoms. The molecule has 1 N–H and O–H groups in total. The van der Waals surface area contributed by atoms with E-state index in [-0.39, 0.29) is 24.6 Å². The minimum atomic E-state index is -0.289. The lowest BCUT2D eigenvalue weighted by atomic mass is 10.3. The summed E-state index contributed by atoms with van der Waals surface area (Å²) in [6.07, 6.45) is 3.23. The third-order valence-corrected chi connectivity index (χ3v) is 5.38. The van der Waals surface area contributed by atoms with Crippen molar-refractivity contribution in [2.45, 2.75) is 33.5 Å². The van der Waals surface area contributed by atoms with Gasteiger partial charge in [0.1, 0.15) is 17.8 Å². The second-order valence-electron chi connectivity index (χ2n) is 6.04. The topological polar surface area (TPSA) is 82.1 Å². The Balaban J connectivity index is 1.67. The van der Waals surface area contributed by atoms with Crippen LogP contribution in [0.25, 0.3) is 21.1 Å². The van der Waals surface area contributed by atoms with Crippen molar-refractivity contribution in [2.24, 2.45) is 0 Å². The van der Waals surface area contributed by atoms with E-state index in [0.717, 1.165) is 15.6 Å². The molecule has 0 saturated heterocycles. The molecule has 4 heterocycles. The smallest absolute Gasteiger partial charge is 0.291 e. The number of amides is 1. The van der Waals surface area contributed by atoms with Crippen LogP contribution >= 0.6 is 11.3 Å². The maximum atomic E-state index is 12.9. The van der Waals surface area contributed by atoms with Gasteiger partial charge in [-0.2, -0.15) is 5.10 Å². The van der Waals surface area contributed by atoms with Crippen LogP contribution in [-0.4, -0.2) is 20.3 Å². The van der Waals surface area contributed by atoms with Gasteiger partial charge < -0.3 is 14.3 Å². The zero-order chi connectivity index (χ0) is 18.3. The number of hydrogen-bond donors (Lipinski definition) is 1. The molecular weight excluding hydrogens is 352 g/mol. The van der Waals surface area contributed by atoms with Gasteiger partial charge in [-0.3, -0.25) is 9.59 Å². The lowest BCUT2D eigenvalue weighted by Crippen LogP contribution is -2.33. The normalized spacial score (nSPS) is 11.5. The van der Waals surface area contributed by atoms with Gasteiger partial charge >= 0.3 is 0 Å². The first-order valence-electron chi connectivity index (χ1n) is 8.36. The summed E-state index contributed by atoms with van der Waals surface area (Å²) in [5.41, 5.74) is 1.39. The largest absolute Gasteiger partial charge is 0.467 e. The van der Waals surface area contributed by atoms with Gasteiger partial charge in [0, 0.05) is 16.8 Å². The van der Waals surface area contributed by atoms with E-state index in [0.29, 0.717) is 17.8 Å². The van der Waals surface area contributed by atoms with E-state index < -0.39 is 0 Å². The highest BCUT2D eigenvalue weighted by Crippen LogP contribution is 2.33. The van der Waals surface area contributed by atoms with Gasteiger partial charge in [0.15, 0.2) is 0 Å². The molecule has 1 amide bonds. The van der Waals surface area contributed by atoms with Crippen LogP contribution < -0.4 is 10.9 Å². The van der Waals surface area contributed by atoms with E-state index in [1.165, 1.54) is 9.56 Å². The van der Waals surface area contributed by atoms with Crippen LogP contribution in [0.2, 0.25) is 0 Å². The first-order valence-corrected chi connectivity index (χ1v) is 9.17. The van der Waals surface area contributed by atoms with Gasteiger partial charge in [0.05, 0.1) is 29.2 Å². The molecule has 0 radical (unpaired) electrons. The summed E-state index contributed by atoms with van der Waals surface area (Å²) in [7, 11) is 0. The summed E-state index contributed by atoms with van der Waals surface area (Å²) < 4.78 is 9.45. The number of carbonyl (C=O) groups excluding carboxylic acids is 1. The quantitative estimate of drug-likeness (QED) is 0.585. The standard InChI is InChI=1S/C18H18N4O3S/c1-3-21-14-7-11(2)26-17(14)13-9-20-22(18(24)16(13)21)10-15(23)19-8-12-5-4-6-25-12/h4-7,9H,3,8,10H2,1-2H3,(H,19,23). The zero-order valence-electron chi connectivity index (χ0n) is 14.5. The van der Waals surface area contributed by atoms with Gasteiger partial charge in [0.2, 0.25) is 5.91 Å². The van der Waals surface area contributed by atoms with E-state index in [9.17, 15) is 9.59 Å². The molecule has 4 aromatic heterocycles. The molecule has 0 spiro atoms. The molecule has 134 valence electrons. The summed E-state index contributed by atoms with van der Waals surface area (Å²) in [4.78, 5) is 26.3. The minimum absolute atomic E-state index is 0.128. The SMILES string of the molecule is CCn1c2cc(C)sc2c2cnn(CC(=O)NCc3ccco3)c(=O)c21. The molecule has 0 aliphatic carbocycles. The molecule has 0 unspecified atom stereocenters. The van der Waals surface area contributed by atoms with Crippen molar-refractivity contribution in [2.75, 3.05) is 0 Å². The molecule has 4 rings (SSSR count). The molecule has 0 atom stereocenters. The molecule has 0 bridgehead atoms. The van der Waals surface area contributed by atoms with Gasteiger partial charge in [-0.15, -0.1) is 11.3 Å². The lowest BCUT2D eigenvalue weighted by Gasteiger charge is -2.07. The molecule has 8 heteroatoms. The highest BCUT2D eigenvalue weighted by molar-refractivity contribution is 7.20. The highest BCUT2D eigenvalue weighted by atomic mass is 32.1. The summed E-state index contributed by atoms with van der Waals surface area (Å²) in [6.45, 7) is 4.89. The number of aromatic nitrogens is 3. The highest BCUT2D eigenvalue weighted by Gasteiger charge is 2.18. The van der Waals surface area contributed by atoms with Crippen LogP contribution in [0.5, 0.6) is 0 Å². The maximum absolute atomic E-state index is 12.9. The summed E-state index contributed by atoms with van der Waals surface area (Å²) in [5.74, 6) is 0.368. The third kappa shape index (κ3) is 2.72. The molecule has 0 aliphatic heterocycles. The number of rotatable bonds is 5. The van der Waals surface area contributed by atoms with Crippen LogP contribution in [0, 0.1) is 6.92 Å². The van der Waals surface area contributed by atoms with E-state index in [1.807, 2.05) is 11.5 Å². The van der Waals surface area contributed by atoms with Gasteiger partial charge in [0.25, 0.3) is 5.56 Å². The summed E-state index contributed by atoms with van der Waals surface area (Å²) >= 11 is 1.65.